The standard InChI is InChI=1S/C25H28N6O/c1-24-8-9-25(2,16-24)12-19(11-24)30(3)23-7-6-21(28-29-23)20-5-4-18(10-22(20)32)31-15-17(13-26)14-27-31/h4-7,10,14-15,19,32H,8-9,11-12,16H2,1-3H3/t19?,24-,25+. The quantitative estimate of drug-likeness (QED) is 0.648. The molecule has 2 heterocycles. The Morgan fingerprint density at radius 2 is 1.88 bits per heavy atom. The zero-order valence-corrected chi connectivity index (χ0v) is 18.8. The first-order valence-electron chi connectivity index (χ1n) is 11.1. The van der Waals surface area contributed by atoms with Crippen LogP contribution < -0.4 is 4.90 Å². The van der Waals surface area contributed by atoms with Crippen molar-refractivity contribution in [2.24, 2.45) is 10.8 Å². The second-order valence-corrected chi connectivity index (χ2v) is 10.2. The van der Waals surface area contributed by atoms with Crippen LogP contribution in [-0.2, 0) is 0 Å². The fourth-order valence-electron chi connectivity index (χ4n) is 5.89. The minimum Gasteiger partial charge on any atom is -0.507 e. The van der Waals surface area contributed by atoms with E-state index >= 15 is 0 Å². The lowest BCUT2D eigenvalue weighted by atomic mass is 9.68. The van der Waals surface area contributed by atoms with E-state index < -0.39 is 0 Å². The average molecular weight is 429 g/mol. The molecule has 0 amide bonds. The topological polar surface area (TPSA) is 90.9 Å². The largest absolute Gasteiger partial charge is 0.507 e. The van der Waals surface area contributed by atoms with E-state index in [0.717, 1.165) is 5.82 Å². The molecule has 1 N–H and O–H groups in total. The average Bonchev–Trinajstić information content (AvgIpc) is 3.34. The molecular formula is C25H28N6O. The number of anilines is 1. The summed E-state index contributed by atoms with van der Waals surface area (Å²) in [5, 5.41) is 32.6. The van der Waals surface area contributed by atoms with Crippen molar-refractivity contribution in [3.05, 3.63) is 48.3 Å². The first-order chi connectivity index (χ1) is 15.3. The van der Waals surface area contributed by atoms with E-state index in [0.29, 0.717) is 39.4 Å². The van der Waals surface area contributed by atoms with Crippen molar-refractivity contribution in [2.45, 2.75) is 52.0 Å². The lowest BCUT2D eigenvalue weighted by molar-refractivity contribution is 0.148. The van der Waals surface area contributed by atoms with E-state index in [1.165, 1.54) is 38.3 Å². The van der Waals surface area contributed by atoms with Gasteiger partial charge in [-0.05, 0) is 67.2 Å². The van der Waals surface area contributed by atoms with E-state index in [1.807, 2.05) is 18.2 Å². The lowest BCUT2D eigenvalue weighted by Gasteiger charge is -2.44. The third kappa shape index (κ3) is 3.60. The highest BCUT2D eigenvalue weighted by Gasteiger charge is 2.49. The molecule has 2 saturated carbocycles. The number of fused-ring (bicyclic) bond motifs is 2. The van der Waals surface area contributed by atoms with Gasteiger partial charge in [0.1, 0.15) is 11.8 Å². The Balaban J connectivity index is 1.35. The van der Waals surface area contributed by atoms with Gasteiger partial charge in [-0.1, -0.05) is 13.8 Å². The van der Waals surface area contributed by atoms with E-state index in [1.54, 1.807) is 23.0 Å². The van der Waals surface area contributed by atoms with E-state index in [9.17, 15) is 5.11 Å². The highest BCUT2D eigenvalue weighted by atomic mass is 16.3. The minimum atomic E-state index is 0.0941. The Bertz CT molecular complexity index is 1180. The number of hydrogen-bond donors (Lipinski definition) is 1. The van der Waals surface area contributed by atoms with E-state index in [4.69, 9.17) is 5.26 Å². The van der Waals surface area contributed by atoms with Crippen LogP contribution in [0.5, 0.6) is 5.75 Å². The maximum atomic E-state index is 10.6. The normalized spacial score (nSPS) is 26.6. The fraction of sp³-hybridized carbons (Fsp3) is 0.440. The van der Waals surface area contributed by atoms with Crippen molar-refractivity contribution in [3.8, 4) is 28.8 Å². The molecule has 0 aliphatic heterocycles. The molecule has 32 heavy (non-hydrogen) atoms. The molecule has 2 bridgehead atoms. The van der Waals surface area contributed by atoms with Crippen LogP contribution in [0, 0.1) is 22.2 Å². The van der Waals surface area contributed by atoms with Gasteiger partial charge in [-0.2, -0.15) is 10.4 Å². The van der Waals surface area contributed by atoms with Crippen LogP contribution in [0.25, 0.3) is 16.9 Å². The SMILES string of the molecule is CN(c1ccc(-c2ccc(-n3cc(C#N)cn3)cc2O)nn1)C1C[C@]2(C)CC[C@](C)(C1)C2. The van der Waals surface area contributed by atoms with Gasteiger partial charge in [-0.15, -0.1) is 10.2 Å². The molecule has 3 atom stereocenters. The summed E-state index contributed by atoms with van der Waals surface area (Å²) in [6, 6.07) is 11.7. The second-order valence-electron chi connectivity index (χ2n) is 10.2. The highest BCUT2D eigenvalue weighted by Crippen LogP contribution is 2.58. The summed E-state index contributed by atoms with van der Waals surface area (Å²) in [5.41, 5.74) is 3.25. The zero-order valence-electron chi connectivity index (χ0n) is 18.8. The van der Waals surface area contributed by atoms with Gasteiger partial charge in [0.15, 0.2) is 5.82 Å². The van der Waals surface area contributed by atoms with Crippen molar-refractivity contribution in [3.63, 3.8) is 0 Å². The highest BCUT2D eigenvalue weighted by molar-refractivity contribution is 5.69. The van der Waals surface area contributed by atoms with Gasteiger partial charge < -0.3 is 10.0 Å². The predicted molar refractivity (Wildman–Crippen MR) is 122 cm³/mol. The lowest BCUT2D eigenvalue weighted by Crippen LogP contribution is -2.42. The van der Waals surface area contributed by atoms with Crippen LogP contribution in [0.1, 0.15) is 51.5 Å². The first kappa shape index (κ1) is 20.5. The molecule has 7 nitrogen and oxygen atoms in total. The second kappa shape index (κ2) is 7.33. The first-order valence-corrected chi connectivity index (χ1v) is 11.1. The predicted octanol–water partition coefficient (Wildman–Crippen LogP) is 4.70. The third-order valence-corrected chi connectivity index (χ3v) is 7.44. The van der Waals surface area contributed by atoms with Gasteiger partial charge >= 0.3 is 0 Å². The zero-order chi connectivity index (χ0) is 22.5. The molecule has 1 aromatic carbocycles. The number of nitrogens with zero attached hydrogens (tertiary/aromatic N) is 6. The molecule has 3 aromatic rings. The molecule has 164 valence electrons. The van der Waals surface area contributed by atoms with E-state index in [-0.39, 0.29) is 5.75 Å². The van der Waals surface area contributed by atoms with Gasteiger partial charge in [0.05, 0.1) is 23.1 Å². The van der Waals surface area contributed by atoms with Gasteiger partial charge in [0.25, 0.3) is 0 Å². The van der Waals surface area contributed by atoms with Crippen molar-refractivity contribution in [1.82, 2.24) is 20.0 Å². The summed E-state index contributed by atoms with van der Waals surface area (Å²) in [6.07, 6.45) is 9.49. The summed E-state index contributed by atoms with van der Waals surface area (Å²) in [4.78, 5) is 2.28. The van der Waals surface area contributed by atoms with Gasteiger partial charge in [-0.25, -0.2) is 4.68 Å². The van der Waals surface area contributed by atoms with Crippen LogP contribution in [0.15, 0.2) is 42.7 Å². The summed E-state index contributed by atoms with van der Waals surface area (Å²) in [6.45, 7) is 4.87. The molecule has 7 heteroatoms. The molecule has 2 aliphatic carbocycles. The number of aromatic hydroxyl groups is 1. The Hall–Kier alpha value is -3.40. The molecule has 0 spiro atoms. The minimum absolute atomic E-state index is 0.0941. The maximum Gasteiger partial charge on any atom is 0.151 e. The number of phenolic OH excluding ortho intramolecular Hbond substituents is 1. The summed E-state index contributed by atoms with van der Waals surface area (Å²) in [7, 11) is 2.12. The number of benzene rings is 1. The molecule has 2 aromatic heterocycles. The third-order valence-electron chi connectivity index (χ3n) is 7.44. The van der Waals surface area contributed by atoms with Crippen molar-refractivity contribution >= 4 is 5.82 Å². The molecule has 0 saturated heterocycles. The Labute approximate surface area is 188 Å². The summed E-state index contributed by atoms with van der Waals surface area (Å²) in [5.74, 6) is 0.959. The molecule has 1 unspecified atom stereocenters. The molecule has 0 radical (unpaired) electrons. The number of phenols is 1. The van der Waals surface area contributed by atoms with Gasteiger partial charge in [-0.3, -0.25) is 0 Å². The van der Waals surface area contributed by atoms with Crippen LogP contribution in [0.2, 0.25) is 0 Å². The van der Waals surface area contributed by atoms with Crippen molar-refractivity contribution in [1.29, 1.82) is 5.26 Å². The van der Waals surface area contributed by atoms with Crippen LogP contribution in [0.3, 0.4) is 0 Å². The Kier molecular flexibility index (Phi) is 4.70. The van der Waals surface area contributed by atoms with Gasteiger partial charge in [0, 0.05) is 30.9 Å². The Morgan fingerprint density at radius 1 is 1.12 bits per heavy atom. The van der Waals surface area contributed by atoms with Crippen molar-refractivity contribution in [2.75, 3.05) is 11.9 Å². The number of hydrogen-bond acceptors (Lipinski definition) is 6. The van der Waals surface area contributed by atoms with Crippen LogP contribution >= 0.6 is 0 Å². The fourth-order valence-corrected chi connectivity index (χ4v) is 5.89. The maximum absolute atomic E-state index is 10.6. The number of nitriles is 1. The molecule has 2 fully saturated rings. The smallest absolute Gasteiger partial charge is 0.151 e. The van der Waals surface area contributed by atoms with E-state index in [2.05, 4.69) is 47.2 Å². The van der Waals surface area contributed by atoms with Crippen LogP contribution in [0.4, 0.5) is 5.82 Å². The van der Waals surface area contributed by atoms with Gasteiger partial charge in [0.2, 0.25) is 0 Å². The number of aromatic nitrogens is 4. The van der Waals surface area contributed by atoms with Crippen molar-refractivity contribution < 1.29 is 5.11 Å². The molecule has 2 aliphatic rings. The molecular weight excluding hydrogens is 400 g/mol. The number of rotatable bonds is 4. The monoisotopic (exact) mass is 428 g/mol. The van der Waals surface area contributed by atoms with Crippen LogP contribution in [-0.4, -0.2) is 38.2 Å². The summed E-state index contributed by atoms with van der Waals surface area (Å²) >= 11 is 0. The Morgan fingerprint density at radius 3 is 2.47 bits per heavy atom. The molecule has 5 rings (SSSR count). The summed E-state index contributed by atoms with van der Waals surface area (Å²) < 4.78 is 1.56.